The van der Waals surface area contributed by atoms with Gasteiger partial charge < -0.3 is 19.3 Å². The zero-order valence-electron chi connectivity index (χ0n) is 16.2. The molecule has 1 atom stereocenters. The highest BCUT2D eigenvalue weighted by atomic mass is 16.6. The molecule has 3 rings (SSSR count). The first-order valence-electron chi connectivity index (χ1n) is 9.58. The molecule has 1 unspecified atom stereocenters. The van der Waals surface area contributed by atoms with Crippen molar-refractivity contribution in [3.05, 3.63) is 0 Å². The topological polar surface area (TPSA) is 59.1 Å². The molecule has 25 heavy (non-hydrogen) atoms. The summed E-state index contributed by atoms with van der Waals surface area (Å²) in [6.45, 7) is 11.9. The third-order valence-electron chi connectivity index (χ3n) is 5.45. The number of carbonyl (C=O) groups excluding carboxylic acids is 2. The minimum Gasteiger partial charge on any atom is -0.444 e. The van der Waals surface area contributed by atoms with E-state index in [2.05, 4.69) is 13.8 Å². The van der Waals surface area contributed by atoms with Gasteiger partial charge in [-0.3, -0.25) is 4.79 Å². The summed E-state index contributed by atoms with van der Waals surface area (Å²) in [5, 5.41) is 0. The SMILES string of the molecule is CC(C)N1CC(C2CCN(C(=O)OC(C)(C)C)CC2)OC2(CC2)C1=O. The van der Waals surface area contributed by atoms with Gasteiger partial charge in [-0.05, 0) is 66.2 Å². The summed E-state index contributed by atoms with van der Waals surface area (Å²) >= 11 is 0. The first-order chi connectivity index (χ1) is 11.6. The number of hydrogen-bond acceptors (Lipinski definition) is 4. The zero-order chi connectivity index (χ0) is 18.4. The summed E-state index contributed by atoms with van der Waals surface area (Å²) in [5.74, 6) is 0.565. The fraction of sp³-hybridized carbons (Fsp3) is 0.895. The molecule has 1 spiro atoms. The number of likely N-dealkylation sites (tertiary alicyclic amines) is 1. The van der Waals surface area contributed by atoms with Crippen LogP contribution >= 0.6 is 0 Å². The van der Waals surface area contributed by atoms with Crippen LogP contribution in [0.4, 0.5) is 4.79 Å². The first-order valence-corrected chi connectivity index (χ1v) is 9.58. The number of carbonyl (C=O) groups is 2. The van der Waals surface area contributed by atoms with E-state index >= 15 is 0 Å². The number of ether oxygens (including phenoxy) is 2. The predicted octanol–water partition coefficient (Wildman–Crippen LogP) is 2.80. The van der Waals surface area contributed by atoms with Crippen molar-refractivity contribution >= 4 is 12.0 Å². The van der Waals surface area contributed by atoms with Crippen molar-refractivity contribution in [2.75, 3.05) is 19.6 Å². The Morgan fingerprint density at radius 3 is 2.32 bits per heavy atom. The highest BCUT2D eigenvalue weighted by Gasteiger charge is 2.58. The lowest BCUT2D eigenvalue weighted by Crippen LogP contribution is -2.58. The Morgan fingerprint density at radius 2 is 1.84 bits per heavy atom. The summed E-state index contributed by atoms with van der Waals surface area (Å²) < 4.78 is 11.7. The molecule has 2 heterocycles. The molecule has 3 aliphatic rings. The van der Waals surface area contributed by atoms with Gasteiger partial charge >= 0.3 is 6.09 Å². The molecule has 0 aromatic heterocycles. The maximum Gasteiger partial charge on any atom is 0.410 e. The molecule has 0 aromatic carbocycles. The Balaban J connectivity index is 1.58. The van der Waals surface area contributed by atoms with Gasteiger partial charge in [-0.15, -0.1) is 0 Å². The number of amides is 2. The third kappa shape index (κ3) is 3.94. The molecule has 1 aliphatic carbocycles. The standard InChI is InChI=1S/C19H32N2O4/c1-13(2)21-12-15(24-19(8-9-19)16(21)22)14-6-10-20(11-7-14)17(23)25-18(3,4)5/h13-15H,6-12H2,1-5H3. The molecule has 142 valence electrons. The summed E-state index contributed by atoms with van der Waals surface area (Å²) in [4.78, 5) is 28.6. The van der Waals surface area contributed by atoms with Crippen LogP contribution in [0.15, 0.2) is 0 Å². The average molecular weight is 352 g/mol. The molecule has 6 nitrogen and oxygen atoms in total. The van der Waals surface area contributed by atoms with Crippen molar-refractivity contribution in [3.8, 4) is 0 Å². The maximum atomic E-state index is 12.6. The van der Waals surface area contributed by atoms with Gasteiger partial charge in [0.2, 0.25) is 0 Å². The molecule has 0 aromatic rings. The number of rotatable bonds is 2. The molecule has 1 saturated carbocycles. The molecule has 0 N–H and O–H groups in total. The smallest absolute Gasteiger partial charge is 0.410 e. The minimum atomic E-state index is -0.532. The lowest BCUT2D eigenvalue weighted by atomic mass is 9.89. The predicted molar refractivity (Wildman–Crippen MR) is 94.2 cm³/mol. The van der Waals surface area contributed by atoms with Crippen LogP contribution in [0, 0.1) is 5.92 Å². The van der Waals surface area contributed by atoms with E-state index in [1.165, 1.54) is 0 Å². The van der Waals surface area contributed by atoms with Crippen LogP contribution < -0.4 is 0 Å². The Morgan fingerprint density at radius 1 is 1.24 bits per heavy atom. The van der Waals surface area contributed by atoms with Gasteiger partial charge in [0, 0.05) is 25.7 Å². The largest absolute Gasteiger partial charge is 0.444 e. The molecule has 0 radical (unpaired) electrons. The fourth-order valence-electron chi connectivity index (χ4n) is 3.83. The van der Waals surface area contributed by atoms with Crippen molar-refractivity contribution in [1.82, 2.24) is 9.80 Å². The fourth-order valence-corrected chi connectivity index (χ4v) is 3.83. The lowest BCUT2D eigenvalue weighted by molar-refractivity contribution is -0.177. The quantitative estimate of drug-likeness (QED) is 0.767. The Bertz CT molecular complexity index is 528. The second-order valence-corrected chi connectivity index (χ2v) is 9.01. The summed E-state index contributed by atoms with van der Waals surface area (Å²) in [7, 11) is 0. The van der Waals surface area contributed by atoms with Crippen molar-refractivity contribution in [3.63, 3.8) is 0 Å². The van der Waals surface area contributed by atoms with E-state index in [0.717, 1.165) is 25.7 Å². The van der Waals surface area contributed by atoms with Crippen molar-refractivity contribution in [2.24, 2.45) is 5.92 Å². The molecule has 2 saturated heterocycles. The Labute approximate surface area is 150 Å². The lowest BCUT2D eigenvalue weighted by Gasteiger charge is -2.45. The highest BCUT2D eigenvalue weighted by Crippen LogP contribution is 2.47. The zero-order valence-corrected chi connectivity index (χ0v) is 16.2. The minimum absolute atomic E-state index is 0.0865. The second kappa shape index (κ2) is 6.45. The van der Waals surface area contributed by atoms with E-state index in [9.17, 15) is 9.59 Å². The van der Waals surface area contributed by atoms with Crippen molar-refractivity contribution in [1.29, 1.82) is 0 Å². The van der Waals surface area contributed by atoms with Crippen LogP contribution in [0.25, 0.3) is 0 Å². The second-order valence-electron chi connectivity index (χ2n) is 9.01. The monoisotopic (exact) mass is 352 g/mol. The molecule has 0 bridgehead atoms. The molecule has 3 fully saturated rings. The first kappa shape index (κ1) is 18.5. The van der Waals surface area contributed by atoms with Crippen LogP contribution in [0.3, 0.4) is 0 Å². The maximum absolute atomic E-state index is 12.6. The van der Waals surface area contributed by atoms with E-state index in [-0.39, 0.29) is 24.1 Å². The summed E-state index contributed by atoms with van der Waals surface area (Å²) in [6.07, 6.45) is 3.36. The molecular formula is C19H32N2O4. The van der Waals surface area contributed by atoms with Crippen LogP contribution in [0.2, 0.25) is 0 Å². The van der Waals surface area contributed by atoms with Gasteiger partial charge in [-0.2, -0.15) is 0 Å². The molecule has 2 amide bonds. The van der Waals surface area contributed by atoms with Crippen LogP contribution in [0.5, 0.6) is 0 Å². The Kier molecular flexibility index (Phi) is 4.77. The third-order valence-corrected chi connectivity index (χ3v) is 5.45. The normalized spacial score (nSPS) is 27.1. The van der Waals surface area contributed by atoms with E-state index in [4.69, 9.17) is 9.47 Å². The average Bonchev–Trinajstić information content (AvgIpc) is 3.28. The van der Waals surface area contributed by atoms with E-state index in [1.807, 2.05) is 25.7 Å². The number of piperidine rings is 1. The van der Waals surface area contributed by atoms with Crippen molar-refractivity contribution < 1.29 is 19.1 Å². The van der Waals surface area contributed by atoms with Crippen LogP contribution in [0.1, 0.15) is 60.3 Å². The Hall–Kier alpha value is -1.30. The van der Waals surface area contributed by atoms with Gasteiger partial charge in [-0.25, -0.2) is 4.79 Å². The number of morpholine rings is 1. The van der Waals surface area contributed by atoms with Gasteiger partial charge in [0.15, 0.2) is 0 Å². The van der Waals surface area contributed by atoms with Gasteiger partial charge in [-0.1, -0.05) is 0 Å². The van der Waals surface area contributed by atoms with Crippen molar-refractivity contribution in [2.45, 2.75) is 83.6 Å². The summed E-state index contributed by atoms with van der Waals surface area (Å²) in [5.41, 5.74) is -0.994. The molecule has 2 aliphatic heterocycles. The van der Waals surface area contributed by atoms with Gasteiger partial charge in [0.25, 0.3) is 5.91 Å². The highest BCUT2D eigenvalue weighted by molar-refractivity contribution is 5.89. The number of hydrogen-bond donors (Lipinski definition) is 0. The van der Waals surface area contributed by atoms with Gasteiger partial charge in [0.1, 0.15) is 11.2 Å². The number of nitrogens with zero attached hydrogens (tertiary/aromatic N) is 2. The molecular weight excluding hydrogens is 320 g/mol. The van der Waals surface area contributed by atoms with E-state index in [1.54, 1.807) is 4.90 Å². The van der Waals surface area contributed by atoms with Crippen LogP contribution in [-0.4, -0.2) is 64.8 Å². The van der Waals surface area contributed by atoms with Gasteiger partial charge in [0.05, 0.1) is 6.10 Å². The van der Waals surface area contributed by atoms with Crippen LogP contribution in [-0.2, 0) is 14.3 Å². The summed E-state index contributed by atoms with van der Waals surface area (Å²) in [6, 6.07) is 0.207. The molecule has 6 heteroatoms. The van der Waals surface area contributed by atoms with E-state index in [0.29, 0.717) is 25.6 Å². The van der Waals surface area contributed by atoms with E-state index < -0.39 is 11.2 Å².